The second-order valence-electron chi connectivity index (χ2n) is 4.78. The Morgan fingerprint density at radius 3 is 2.83 bits per heavy atom. The molecule has 0 spiro atoms. The Balaban J connectivity index is 1.92. The monoisotopic (exact) mass is 269 g/mol. The average molecular weight is 270 g/mol. The van der Waals surface area contributed by atoms with Crippen molar-refractivity contribution in [1.82, 2.24) is 5.32 Å². The van der Waals surface area contributed by atoms with E-state index in [0.29, 0.717) is 22.9 Å². The summed E-state index contributed by atoms with van der Waals surface area (Å²) in [6.07, 6.45) is 3.55. The second-order valence-corrected chi connectivity index (χ2v) is 5.19. The highest BCUT2D eigenvalue weighted by atomic mass is 35.5. The number of hydrogen-bond donors (Lipinski definition) is 1. The summed E-state index contributed by atoms with van der Waals surface area (Å²) in [7, 11) is 0. The van der Waals surface area contributed by atoms with Gasteiger partial charge in [0, 0.05) is 12.0 Å². The number of nitrogens with one attached hydrogen (secondary N) is 1. The predicted octanol–water partition coefficient (Wildman–Crippen LogP) is 3.44. The molecule has 18 heavy (non-hydrogen) atoms. The van der Waals surface area contributed by atoms with E-state index in [0.717, 1.165) is 32.4 Å². The Labute approximate surface area is 112 Å². The smallest absolute Gasteiger partial charge is 0.164 e. The van der Waals surface area contributed by atoms with Crippen molar-refractivity contribution in [2.45, 2.75) is 25.7 Å². The molecule has 0 aliphatic carbocycles. The Hall–Kier alpha value is -0.930. The fourth-order valence-electron chi connectivity index (χ4n) is 2.35. The third-order valence-electron chi connectivity index (χ3n) is 3.47. The van der Waals surface area contributed by atoms with Crippen LogP contribution in [-0.2, 0) is 0 Å². The van der Waals surface area contributed by atoms with Crippen molar-refractivity contribution >= 4 is 17.4 Å². The molecule has 1 heterocycles. The first-order chi connectivity index (χ1) is 8.66. The summed E-state index contributed by atoms with van der Waals surface area (Å²) < 4.78 is 13.1. The molecule has 4 heteroatoms. The van der Waals surface area contributed by atoms with Gasteiger partial charge in [0.25, 0.3) is 0 Å². The van der Waals surface area contributed by atoms with E-state index in [9.17, 15) is 9.18 Å². The van der Waals surface area contributed by atoms with Gasteiger partial charge in [-0.05, 0) is 56.5 Å². The molecule has 98 valence electrons. The van der Waals surface area contributed by atoms with Gasteiger partial charge in [-0.15, -0.1) is 0 Å². The molecule has 0 atom stereocenters. The zero-order chi connectivity index (χ0) is 13.0. The summed E-state index contributed by atoms with van der Waals surface area (Å²) in [5.41, 5.74) is 0.311. The largest absolute Gasteiger partial charge is 0.317 e. The van der Waals surface area contributed by atoms with Crippen molar-refractivity contribution in [3.63, 3.8) is 0 Å². The van der Waals surface area contributed by atoms with E-state index in [4.69, 9.17) is 11.6 Å². The summed E-state index contributed by atoms with van der Waals surface area (Å²) in [5.74, 6) is 0.130. The molecule has 0 radical (unpaired) electrons. The number of benzene rings is 1. The van der Waals surface area contributed by atoms with Crippen LogP contribution >= 0.6 is 11.6 Å². The quantitative estimate of drug-likeness (QED) is 0.849. The van der Waals surface area contributed by atoms with Crippen LogP contribution in [0.5, 0.6) is 0 Å². The molecule has 0 unspecified atom stereocenters. The lowest BCUT2D eigenvalue weighted by molar-refractivity contribution is 0.0970. The molecule has 1 N–H and O–H groups in total. The van der Waals surface area contributed by atoms with Crippen LogP contribution < -0.4 is 5.32 Å². The fraction of sp³-hybridized carbons (Fsp3) is 0.500. The molecule has 2 nitrogen and oxygen atoms in total. The summed E-state index contributed by atoms with van der Waals surface area (Å²) in [4.78, 5) is 12.0. The normalized spacial score (nSPS) is 16.8. The van der Waals surface area contributed by atoms with Gasteiger partial charge in [0.1, 0.15) is 5.82 Å². The maximum Gasteiger partial charge on any atom is 0.164 e. The van der Waals surface area contributed by atoms with Gasteiger partial charge >= 0.3 is 0 Å². The van der Waals surface area contributed by atoms with Crippen LogP contribution in [0.25, 0.3) is 0 Å². The van der Waals surface area contributed by atoms with Gasteiger partial charge in [-0.1, -0.05) is 11.6 Å². The minimum absolute atomic E-state index is 0.0574. The van der Waals surface area contributed by atoms with Gasteiger partial charge in [0.15, 0.2) is 5.78 Å². The van der Waals surface area contributed by atoms with Crippen molar-refractivity contribution in [2.24, 2.45) is 5.92 Å². The van der Waals surface area contributed by atoms with Crippen LogP contribution in [-0.4, -0.2) is 18.9 Å². The van der Waals surface area contributed by atoms with E-state index in [1.807, 2.05) is 0 Å². The lowest BCUT2D eigenvalue weighted by atomic mass is 9.91. The molecule has 0 amide bonds. The standard InChI is InChI=1S/C14H17ClFNO/c15-13-3-2-11(16)9-12(13)14(18)4-1-10-5-7-17-8-6-10/h2-3,9-10,17H,1,4-8H2. The van der Waals surface area contributed by atoms with Crippen molar-refractivity contribution in [3.05, 3.63) is 34.6 Å². The maximum atomic E-state index is 13.1. The number of rotatable bonds is 4. The van der Waals surface area contributed by atoms with E-state index in [2.05, 4.69) is 5.32 Å². The Kier molecular flexibility index (Phi) is 4.72. The van der Waals surface area contributed by atoms with Crippen molar-refractivity contribution in [2.75, 3.05) is 13.1 Å². The zero-order valence-electron chi connectivity index (χ0n) is 10.2. The van der Waals surface area contributed by atoms with Crippen LogP contribution in [0, 0.1) is 11.7 Å². The van der Waals surface area contributed by atoms with Crippen LogP contribution in [0.2, 0.25) is 5.02 Å². The summed E-state index contributed by atoms with van der Waals surface area (Å²) in [5, 5.41) is 3.63. The highest BCUT2D eigenvalue weighted by molar-refractivity contribution is 6.33. The maximum absolute atomic E-state index is 13.1. The summed E-state index contributed by atoms with van der Waals surface area (Å²) in [6, 6.07) is 3.94. The molecule has 0 bridgehead atoms. The molecule has 1 aliphatic rings. The Morgan fingerprint density at radius 1 is 1.39 bits per heavy atom. The van der Waals surface area contributed by atoms with Crippen LogP contribution in [0.1, 0.15) is 36.0 Å². The predicted molar refractivity (Wildman–Crippen MR) is 70.6 cm³/mol. The molecule has 1 fully saturated rings. The van der Waals surface area contributed by atoms with E-state index in [1.165, 1.54) is 18.2 Å². The van der Waals surface area contributed by atoms with E-state index in [-0.39, 0.29) is 5.78 Å². The molecule has 2 rings (SSSR count). The number of carbonyl (C=O) groups excluding carboxylic acids is 1. The van der Waals surface area contributed by atoms with Crippen molar-refractivity contribution in [1.29, 1.82) is 0 Å². The molecular formula is C14H17ClFNO. The molecule has 0 aromatic heterocycles. The first-order valence-electron chi connectivity index (χ1n) is 6.36. The number of hydrogen-bond acceptors (Lipinski definition) is 2. The van der Waals surface area contributed by atoms with Gasteiger partial charge in [-0.25, -0.2) is 4.39 Å². The van der Waals surface area contributed by atoms with E-state index in [1.54, 1.807) is 0 Å². The molecule has 1 aromatic carbocycles. The van der Waals surface area contributed by atoms with Gasteiger partial charge < -0.3 is 5.32 Å². The highest BCUT2D eigenvalue weighted by Crippen LogP contribution is 2.23. The molecule has 1 saturated heterocycles. The second kappa shape index (κ2) is 6.30. The van der Waals surface area contributed by atoms with Crippen molar-refractivity contribution in [3.8, 4) is 0 Å². The lowest BCUT2D eigenvalue weighted by Gasteiger charge is -2.22. The third kappa shape index (κ3) is 3.53. The van der Waals surface area contributed by atoms with Gasteiger partial charge in [-0.3, -0.25) is 4.79 Å². The average Bonchev–Trinajstić information content (AvgIpc) is 2.40. The third-order valence-corrected chi connectivity index (χ3v) is 3.80. The minimum Gasteiger partial charge on any atom is -0.317 e. The highest BCUT2D eigenvalue weighted by Gasteiger charge is 2.17. The number of piperidine rings is 1. The fourth-order valence-corrected chi connectivity index (χ4v) is 2.57. The Morgan fingerprint density at radius 2 is 2.11 bits per heavy atom. The number of carbonyl (C=O) groups is 1. The van der Waals surface area contributed by atoms with E-state index >= 15 is 0 Å². The van der Waals surface area contributed by atoms with Crippen LogP contribution in [0.3, 0.4) is 0 Å². The van der Waals surface area contributed by atoms with Crippen LogP contribution in [0.4, 0.5) is 4.39 Å². The zero-order valence-corrected chi connectivity index (χ0v) is 11.0. The minimum atomic E-state index is -0.412. The number of ketones is 1. The van der Waals surface area contributed by atoms with Gasteiger partial charge in [0.2, 0.25) is 0 Å². The van der Waals surface area contributed by atoms with Gasteiger partial charge in [-0.2, -0.15) is 0 Å². The summed E-state index contributed by atoms with van der Waals surface area (Å²) >= 11 is 5.92. The van der Waals surface area contributed by atoms with Crippen molar-refractivity contribution < 1.29 is 9.18 Å². The molecule has 1 aromatic rings. The topological polar surface area (TPSA) is 29.1 Å². The first kappa shape index (κ1) is 13.5. The first-order valence-corrected chi connectivity index (χ1v) is 6.73. The molecule has 1 aliphatic heterocycles. The lowest BCUT2D eigenvalue weighted by Crippen LogP contribution is -2.28. The Bertz CT molecular complexity index is 430. The van der Waals surface area contributed by atoms with Gasteiger partial charge in [0.05, 0.1) is 5.02 Å². The number of halogens is 2. The molecular weight excluding hydrogens is 253 g/mol. The summed E-state index contributed by atoms with van der Waals surface area (Å²) in [6.45, 7) is 2.05. The molecule has 0 saturated carbocycles. The van der Waals surface area contributed by atoms with E-state index < -0.39 is 5.82 Å². The van der Waals surface area contributed by atoms with Crippen LogP contribution in [0.15, 0.2) is 18.2 Å². The SMILES string of the molecule is O=C(CCC1CCNCC1)c1cc(F)ccc1Cl. The number of Topliss-reactive ketones (excluding diaryl/α,β-unsaturated/α-hetero) is 1.